The third-order valence-electron chi connectivity index (χ3n) is 6.59. The van der Waals surface area contributed by atoms with Gasteiger partial charge in [0.1, 0.15) is 18.9 Å². The molecule has 0 aliphatic heterocycles. The second-order valence-corrected chi connectivity index (χ2v) is 9.76. The summed E-state index contributed by atoms with van der Waals surface area (Å²) in [6.07, 6.45) is -4.49. The molecule has 1 radical (unpaired) electrons. The second kappa shape index (κ2) is 8.66. The summed E-state index contributed by atoms with van der Waals surface area (Å²) in [5.74, 6) is 0.572. The van der Waals surface area contributed by atoms with Crippen LogP contribution in [0.5, 0.6) is 5.75 Å². The number of aromatic hydroxyl groups is 1. The van der Waals surface area contributed by atoms with Crippen LogP contribution in [0, 0.1) is 0 Å². The highest BCUT2D eigenvalue weighted by molar-refractivity contribution is 9.10. The average Bonchev–Trinajstić information content (AvgIpc) is 3.29. The zero-order chi connectivity index (χ0) is 25.9. The molecule has 1 heterocycles. The molecular weight excluding hydrogens is 540 g/mol. The number of hydrogen-bond donors (Lipinski definition) is 1. The number of aromatic nitrogens is 2. The molecule has 0 aliphatic carbocycles. The van der Waals surface area contributed by atoms with Gasteiger partial charge < -0.3 is 5.11 Å². The van der Waals surface area contributed by atoms with E-state index >= 15 is 0 Å². The van der Waals surface area contributed by atoms with Crippen molar-refractivity contribution in [3.05, 3.63) is 95.0 Å². The van der Waals surface area contributed by atoms with Crippen molar-refractivity contribution in [1.29, 1.82) is 0 Å². The number of halogens is 4. The van der Waals surface area contributed by atoms with Gasteiger partial charge in [0.2, 0.25) is 0 Å². The lowest BCUT2D eigenvalue weighted by atomic mass is 9.72. The number of hydrogen-bond acceptors (Lipinski definition) is 2. The number of phenolic OH excluding ortho intramolecular Hbond substituents is 1. The molecule has 8 heteroatoms. The number of alkyl halides is 3. The topological polar surface area (TPSA) is 38.1 Å². The predicted octanol–water partition coefficient (Wildman–Crippen LogP) is 7.86. The second-order valence-electron chi connectivity index (χ2n) is 8.85. The molecule has 3 nitrogen and oxygen atoms in total. The lowest BCUT2D eigenvalue weighted by Crippen LogP contribution is -2.09. The third kappa shape index (κ3) is 3.96. The fourth-order valence-electron chi connectivity index (χ4n) is 4.85. The van der Waals surface area contributed by atoms with E-state index in [1.165, 1.54) is 6.07 Å². The number of phenols is 1. The van der Waals surface area contributed by atoms with E-state index in [-0.39, 0.29) is 5.75 Å². The van der Waals surface area contributed by atoms with Crippen LogP contribution in [0.3, 0.4) is 0 Å². The van der Waals surface area contributed by atoms with Gasteiger partial charge in [0.15, 0.2) is 0 Å². The summed E-state index contributed by atoms with van der Waals surface area (Å²) in [7, 11) is 2.00. The summed E-state index contributed by atoms with van der Waals surface area (Å²) < 4.78 is 43.8. The molecular formula is C29H18BBrF3N2O. The number of rotatable bonds is 3. The maximum Gasteiger partial charge on any atom is 0.416 e. The van der Waals surface area contributed by atoms with E-state index in [0.717, 1.165) is 43.6 Å². The number of benzene rings is 5. The summed E-state index contributed by atoms with van der Waals surface area (Å²) in [6.45, 7) is 1.96. The van der Waals surface area contributed by atoms with Crippen LogP contribution in [0.1, 0.15) is 5.56 Å². The summed E-state index contributed by atoms with van der Waals surface area (Å²) >= 11 is 3.57. The molecule has 181 valence electrons. The van der Waals surface area contributed by atoms with Crippen LogP contribution < -0.4 is 5.46 Å². The van der Waals surface area contributed by atoms with Gasteiger partial charge in [-0.1, -0.05) is 58.5 Å². The highest BCUT2D eigenvalue weighted by atomic mass is 79.9. The lowest BCUT2D eigenvalue weighted by molar-refractivity contribution is -0.137. The molecule has 0 amide bonds. The Bertz CT molecular complexity index is 1830. The Morgan fingerprint density at radius 3 is 2.30 bits per heavy atom. The largest absolute Gasteiger partial charge is 0.508 e. The van der Waals surface area contributed by atoms with E-state index in [4.69, 9.17) is 4.98 Å². The van der Waals surface area contributed by atoms with Crippen LogP contribution in [-0.2, 0) is 6.18 Å². The highest BCUT2D eigenvalue weighted by Crippen LogP contribution is 2.40. The quantitative estimate of drug-likeness (QED) is 0.178. The van der Waals surface area contributed by atoms with Gasteiger partial charge in [-0.05, 0) is 65.4 Å². The van der Waals surface area contributed by atoms with Gasteiger partial charge in [-0.25, -0.2) is 4.98 Å². The minimum atomic E-state index is -4.49. The van der Waals surface area contributed by atoms with Crippen LogP contribution >= 0.6 is 15.9 Å². The van der Waals surface area contributed by atoms with Crippen LogP contribution in [0.15, 0.2) is 89.4 Å². The van der Waals surface area contributed by atoms with Crippen LogP contribution in [0.4, 0.5) is 13.2 Å². The molecule has 37 heavy (non-hydrogen) atoms. The molecule has 0 atom stereocenters. The van der Waals surface area contributed by atoms with Crippen LogP contribution in [0.2, 0.25) is 6.82 Å². The SMILES string of the molecule is C[B]c1ccc2c3ccc(Br)cc3c3c(nc(-c4ccc(O)cc4)n3-c3cccc(C(F)(F)F)c3)c2c1. The Hall–Kier alpha value is -3.78. The Labute approximate surface area is 219 Å². The molecule has 0 saturated heterocycles. The Morgan fingerprint density at radius 2 is 1.57 bits per heavy atom. The molecule has 6 rings (SSSR count). The summed E-state index contributed by atoms with van der Waals surface area (Å²) in [5.41, 5.74) is 2.69. The van der Waals surface area contributed by atoms with Crippen LogP contribution in [0.25, 0.3) is 49.7 Å². The first-order chi connectivity index (χ1) is 17.7. The molecule has 6 aromatic rings. The van der Waals surface area contributed by atoms with Crippen molar-refractivity contribution in [3.8, 4) is 22.8 Å². The van der Waals surface area contributed by atoms with Crippen molar-refractivity contribution < 1.29 is 18.3 Å². The summed E-state index contributed by atoms with van der Waals surface area (Å²) in [4.78, 5) is 5.04. The molecule has 0 bridgehead atoms. The van der Waals surface area contributed by atoms with E-state index in [9.17, 15) is 18.3 Å². The monoisotopic (exact) mass is 557 g/mol. The van der Waals surface area contributed by atoms with Crippen molar-refractivity contribution in [1.82, 2.24) is 9.55 Å². The Kier molecular flexibility index (Phi) is 5.53. The molecule has 1 N–H and O–H groups in total. The first-order valence-corrected chi connectivity index (χ1v) is 12.4. The van der Waals surface area contributed by atoms with Gasteiger partial charge in [0, 0.05) is 26.5 Å². The lowest BCUT2D eigenvalue weighted by Gasteiger charge is -2.15. The van der Waals surface area contributed by atoms with E-state index in [1.807, 2.05) is 38.4 Å². The molecule has 5 aromatic carbocycles. The Morgan fingerprint density at radius 1 is 0.838 bits per heavy atom. The molecule has 0 aliphatic rings. The van der Waals surface area contributed by atoms with E-state index in [2.05, 4.69) is 28.1 Å². The number of fused-ring (bicyclic) bond motifs is 6. The van der Waals surface area contributed by atoms with Gasteiger partial charge in [-0.2, -0.15) is 13.2 Å². The van der Waals surface area contributed by atoms with Gasteiger partial charge in [0.05, 0.1) is 16.6 Å². The minimum absolute atomic E-state index is 0.0911. The van der Waals surface area contributed by atoms with Crippen molar-refractivity contribution in [2.75, 3.05) is 0 Å². The first kappa shape index (κ1) is 23.6. The van der Waals surface area contributed by atoms with Gasteiger partial charge in [-0.3, -0.25) is 4.57 Å². The highest BCUT2D eigenvalue weighted by Gasteiger charge is 2.31. The predicted molar refractivity (Wildman–Crippen MR) is 147 cm³/mol. The van der Waals surface area contributed by atoms with E-state index < -0.39 is 11.7 Å². The molecule has 0 spiro atoms. The standard InChI is InChI=1S/C29H18BBrF3N2O/c1-30-18-7-11-22-23-12-8-19(31)15-25(23)27-26(24(22)14-18)35-28(16-5-9-21(37)10-6-16)36(27)20-4-2-3-17(13-20)29(32,33)34/h2-15,37H,1H3. The van der Waals surface area contributed by atoms with Crippen LogP contribution in [-0.4, -0.2) is 21.9 Å². The molecule has 0 saturated carbocycles. The van der Waals surface area contributed by atoms with E-state index in [0.29, 0.717) is 28.1 Å². The van der Waals surface area contributed by atoms with Gasteiger partial charge in [0.25, 0.3) is 0 Å². The maximum atomic E-state index is 13.7. The smallest absolute Gasteiger partial charge is 0.416 e. The van der Waals surface area contributed by atoms with Gasteiger partial charge >= 0.3 is 6.18 Å². The minimum Gasteiger partial charge on any atom is -0.508 e. The zero-order valence-corrected chi connectivity index (χ0v) is 21.1. The number of nitrogens with zero attached hydrogens (tertiary/aromatic N) is 2. The molecule has 0 fully saturated rings. The molecule has 0 unspecified atom stereocenters. The normalized spacial score (nSPS) is 12.0. The van der Waals surface area contributed by atoms with E-state index in [1.54, 1.807) is 34.9 Å². The van der Waals surface area contributed by atoms with Crippen molar-refractivity contribution >= 4 is 61.3 Å². The van der Waals surface area contributed by atoms with Crippen molar-refractivity contribution in [3.63, 3.8) is 0 Å². The average molecular weight is 558 g/mol. The van der Waals surface area contributed by atoms with Crippen molar-refractivity contribution in [2.24, 2.45) is 0 Å². The fourth-order valence-corrected chi connectivity index (χ4v) is 5.21. The molecule has 1 aromatic heterocycles. The number of imidazole rings is 1. The van der Waals surface area contributed by atoms with Gasteiger partial charge in [-0.15, -0.1) is 0 Å². The third-order valence-corrected chi connectivity index (χ3v) is 7.09. The summed E-state index contributed by atoms with van der Waals surface area (Å²) in [6, 6.07) is 23.9. The maximum absolute atomic E-state index is 13.7. The van der Waals surface area contributed by atoms with Crippen molar-refractivity contribution in [2.45, 2.75) is 13.0 Å². The Balaban J connectivity index is 1.84. The summed E-state index contributed by atoms with van der Waals surface area (Å²) in [5, 5.41) is 13.6. The zero-order valence-electron chi connectivity index (χ0n) is 19.5. The fraction of sp³-hybridized carbons (Fsp3) is 0.0690. The first-order valence-electron chi connectivity index (χ1n) is 11.6.